The number of carbonyl (C=O) groups is 2. The average molecular weight is 370 g/mol. The molecule has 132 valence electrons. The van der Waals surface area contributed by atoms with Crippen LogP contribution in [0.1, 0.15) is 36.3 Å². The summed E-state index contributed by atoms with van der Waals surface area (Å²) < 4.78 is 5.92. The van der Waals surface area contributed by atoms with Gasteiger partial charge in [-0.3, -0.25) is 4.79 Å². The number of benzene rings is 1. The monoisotopic (exact) mass is 369 g/mol. The number of hydrogen-bond acceptors (Lipinski definition) is 5. The molecule has 2 N–H and O–H groups in total. The van der Waals surface area contributed by atoms with Gasteiger partial charge < -0.3 is 15.2 Å². The van der Waals surface area contributed by atoms with Gasteiger partial charge in [-0.05, 0) is 42.0 Å². The first-order valence-electron chi connectivity index (χ1n) is 8.08. The Balaban J connectivity index is 1.81. The third-order valence-electron chi connectivity index (χ3n) is 3.56. The van der Waals surface area contributed by atoms with Gasteiger partial charge in [-0.25, -0.2) is 4.79 Å². The second kappa shape index (κ2) is 9.84. The zero-order chi connectivity index (χ0) is 17.4. The van der Waals surface area contributed by atoms with Crippen molar-refractivity contribution in [3.05, 3.63) is 29.8 Å². The Morgan fingerprint density at radius 1 is 1.29 bits per heavy atom. The quantitative estimate of drug-likeness (QED) is 0.732. The van der Waals surface area contributed by atoms with Crippen molar-refractivity contribution in [1.29, 1.82) is 0 Å². The molecule has 5 nitrogen and oxygen atoms in total. The second-order valence-electron chi connectivity index (χ2n) is 5.53. The Labute approximate surface area is 150 Å². The number of carboxylic acid groups (broad SMARTS) is 1. The van der Waals surface area contributed by atoms with Gasteiger partial charge in [0.05, 0.1) is 4.58 Å². The Kier molecular flexibility index (Phi) is 7.78. The van der Waals surface area contributed by atoms with E-state index < -0.39 is 17.9 Å². The van der Waals surface area contributed by atoms with Crippen LogP contribution in [0.2, 0.25) is 0 Å². The van der Waals surface area contributed by atoms with Crippen LogP contribution in [0.25, 0.3) is 0 Å². The molecule has 1 amide bonds. The number of rotatable bonds is 8. The molecule has 0 radical (unpaired) electrons. The largest absolute Gasteiger partial charge is 0.484 e. The van der Waals surface area contributed by atoms with E-state index >= 15 is 0 Å². The molecule has 0 aromatic heterocycles. The molecule has 1 aliphatic heterocycles. The van der Waals surface area contributed by atoms with Gasteiger partial charge in [0.15, 0.2) is 6.61 Å². The van der Waals surface area contributed by atoms with Crippen LogP contribution < -0.4 is 10.1 Å². The molecule has 1 aromatic rings. The van der Waals surface area contributed by atoms with Gasteiger partial charge >= 0.3 is 5.97 Å². The highest BCUT2D eigenvalue weighted by atomic mass is 32.2. The normalized spacial score (nSPS) is 16.4. The summed E-state index contributed by atoms with van der Waals surface area (Å²) >= 11 is 3.91. The van der Waals surface area contributed by atoms with Crippen LogP contribution in [0, 0.1) is 0 Å². The van der Waals surface area contributed by atoms with Gasteiger partial charge in [0.1, 0.15) is 11.8 Å². The van der Waals surface area contributed by atoms with E-state index in [0.717, 1.165) is 0 Å². The lowest BCUT2D eigenvalue weighted by Crippen LogP contribution is -2.42. The summed E-state index contributed by atoms with van der Waals surface area (Å²) in [6, 6.07) is 6.92. The summed E-state index contributed by atoms with van der Waals surface area (Å²) in [6.07, 6.45) is 2.36. The Morgan fingerprint density at radius 2 is 1.96 bits per heavy atom. The summed E-state index contributed by atoms with van der Waals surface area (Å²) in [5, 5.41) is 11.5. The number of aliphatic carboxylic acids is 1. The molecule has 1 atom stereocenters. The van der Waals surface area contributed by atoms with Crippen molar-refractivity contribution < 1.29 is 19.4 Å². The maximum absolute atomic E-state index is 11.8. The topological polar surface area (TPSA) is 75.6 Å². The predicted molar refractivity (Wildman–Crippen MR) is 98.7 cm³/mol. The highest BCUT2D eigenvalue weighted by molar-refractivity contribution is 8.16. The lowest BCUT2D eigenvalue weighted by molar-refractivity contribution is -0.142. The first-order valence-corrected chi connectivity index (χ1v) is 10.2. The summed E-state index contributed by atoms with van der Waals surface area (Å²) in [7, 11) is 0. The fourth-order valence-corrected chi connectivity index (χ4v) is 5.23. The van der Waals surface area contributed by atoms with Crippen molar-refractivity contribution in [2.45, 2.75) is 36.8 Å². The Morgan fingerprint density at radius 3 is 2.54 bits per heavy atom. The van der Waals surface area contributed by atoms with Gasteiger partial charge in [0.25, 0.3) is 5.91 Å². The van der Waals surface area contributed by atoms with E-state index in [1.165, 1.54) is 23.5 Å². The van der Waals surface area contributed by atoms with Crippen LogP contribution in [0.5, 0.6) is 5.75 Å². The molecule has 7 heteroatoms. The first-order chi connectivity index (χ1) is 11.6. The van der Waals surface area contributed by atoms with E-state index in [1.54, 1.807) is 0 Å². The lowest BCUT2D eigenvalue weighted by Gasteiger charge is -2.21. The Hall–Kier alpha value is -1.34. The third kappa shape index (κ3) is 5.94. The SMILES string of the molecule is CCCC(NC(=O)COc1ccc(C2SCCCS2)cc1)C(=O)O. The van der Waals surface area contributed by atoms with Crippen molar-refractivity contribution in [2.24, 2.45) is 0 Å². The van der Waals surface area contributed by atoms with Crippen molar-refractivity contribution in [3.8, 4) is 5.75 Å². The second-order valence-corrected chi connectivity index (χ2v) is 8.26. The van der Waals surface area contributed by atoms with Crippen molar-refractivity contribution in [1.82, 2.24) is 5.32 Å². The lowest BCUT2D eigenvalue weighted by atomic mass is 10.2. The summed E-state index contributed by atoms with van der Waals surface area (Å²) in [5.74, 6) is 1.56. The molecule has 0 spiro atoms. The zero-order valence-electron chi connectivity index (χ0n) is 13.7. The number of amides is 1. The molecule has 1 heterocycles. The van der Waals surface area contributed by atoms with Crippen LogP contribution in [0.15, 0.2) is 24.3 Å². The molecular weight excluding hydrogens is 346 g/mol. The van der Waals surface area contributed by atoms with Crippen molar-refractivity contribution in [2.75, 3.05) is 18.1 Å². The van der Waals surface area contributed by atoms with Crippen LogP contribution in [0.3, 0.4) is 0 Å². The maximum atomic E-state index is 11.8. The number of carboxylic acids is 1. The van der Waals surface area contributed by atoms with Gasteiger partial charge in [-0.1, -0.05) is 25.5 Å². The number of carbonyl (C=O) groups excluding carboxylic acids is 1. The molecule has 0 saturated carbocycles. The molecule has 1 saturated heterocycles. The molecular formula is C17H23NO4S2. The number of hydrogen-bond donors (Lipinski definition) is 2. The highest BCUT2D eigenvalue weighted by Crippen LogP contribution is 2.43. The number of nitrogens with one attached hydrogen (secondary N) is 1. The molecule has 0 aliphatic carbocycles. The highest BCUT2D eigenvalue weighted by Gasteiger charge is 2.19. The van der Waals surface area contributed by atoms with E-state index in [0.29, 0.717) is 23.2 Å². The van der Waals surface area contributed by atoms with Crippen molar-refractivity contribution >= 4 is 35.4 Å². The first kappa shape index (κ1) is 19.0. The zero-order valence-corrected chi connectivity index (χ0v) is 15.3. The minimum atomic E-state index is -1.02. The standard InChI is InChI=1S/C17H23NO4S2/c1-2-4-14(16(20)21)18-15(19)11-22-13-7-5-12(6-8-13)17-23-9-3-10-24-17/h5-8,14,17H,2-4,9-11H2,1H3,(H,18,19)(H,20,21). The van der Waals surface area contributed by atoms with Crippen molar-refractivity contribution in [3.63, 3.8) is 0 Å². The summed E-state index contributed by atoms with van der Waals surface area (Å²) in [6.45, 7) is 1.70. The minimum Gasteiger partial charge on any atom is -0.484 e. The molecule has 0 bridgehead atoms. The van der Waals surface area contributed by atoms with Crippen LogP contribution in [0.4, 0.5) is 0 Å². The van der Waals surface area contributed by atoms with E-state index in [9.17, 15) is 9.59 Å². The van der Waals surface area contributed by atoms with E-state index in [2.05, 4.69) is 5.32 Å². The van der Waals surface area contributed by atoms with Gasteiger partial charge in [-0.15, -0.1) is 23.5 Å². The molecule has 1 aromatic carbocycles. The van der Waals surface area contributed by atoms with E-state index in [1.807, 2.05) is 54.7 Å². The Bertz CT molecular complexity index is 544. The van der Waals surface area contributed by atoms with Gasteiger partial charge in [0.2, 0.25) is 0 Å². The van der Waals surface area contributed by atoms with Gasteiger partial charge in [0, 0.05) is 0 Å². The maximum Gasteiger partial charge on any atom is 0.326 e. The fraction of sp³-hybridized carbons (Fsp3) is 0.529. The summed E-state index contributed by atoms with van der Waals surface area (Å²) in [5.41, 5.74) is 1.26. The molecule has 1 aliphatic rings. The molecule has 2 rings (SSSR count). The average Bonchev–Trinajstić information content (AvgIpc) is 2.61. The number of thioether (sulfide) groups is 2. The third-order valence-corrected chi connectivity index (χ3v) is 6.58. The molecule has 1 unspecified atom stereocenters. The van der Waals surface area contributed by atoms with Crippen LogP contribution >= 0.6 is 23.5 Å². The minimum absolute atomic E-state index is 0.181. The van der Waals surface area contributed by atoms with Gasteiger partial charge in [-0.2, -0.15) is 0 Å². The molecule has 24 heavy (non-hydrogen) atoms. The van der Waals surface area contributed by atoms with Crippen LogP contribution in [-0.4, -0.2) is 41.1 Å². The molecule has 1 fully saturated rings. The summed E-state index contributed by atoms with van der Waals surface area (Å²) in [4.78, 5) is 22.8. The van der Waals surface area contributed by atoms with Crippen LogP contribution in [-0.2, 0) is 9.59 Å². The fourth-order valence-electron chi connectivity index (χ4n) is 2.33. The van der Waals surface area contributed by atoms with E-state index in [-0.39, 0.29) is 6.61 Å². The number of ether oxygens (including phenoxy) is 1. The van der Waals surface area contributed by atoms with E-state index in [4.69, 9.17) is 9.84 Å². The predicted octanol–water partition coefficient (Wildman–Crippen LogP) is 3.30. The smallest absolute Gasteiger partial charge is 0.326 e.